The van der Waals surface area contributed by atoms with Gasteiger partial charge in [0.15, 0.2) is 5.78 Å². The van der Waals surface area contributed by atoms with Crippen LogP contribution in [0.15, 0.2) is 60.1 Å². The van der Waals surface area contributed by atoms with Crippen LogP contribution in [-0.4, -0.2) is 17.3 Å². The van der Waals surface area contributed by atoms with Crippen LogP contribution in [0.3, 0.4) is 0 Å². The summed E-state index contributed by atoms with van der Waals surface area (Å²) in [5.74, 6) is 0.389. The van der Waals surface area contributed by atoms with Gasteiger partial charge in [0.25, 0.3) is 0 Å². The fraction of sp³-hybridized carbons (Fsp3) is 0.158. The number of nitrogens with zero attached hydrogens (tertiary/aromatic N) is 2. The molecular formula is C19H17FN2OS. The van der Waals surface area contributed by atoms with Crippen LogP contribution < -0.4 is 4.90 Å². The predicted octanol–water partition coefficient (Wildman–Crippen LogP) is 4.48. The van der Waals surface area contributed by atoms with Crippen molar-refractivity contribution < 1.29 is 9.18 Å². The lowest BCUT2D eigenvalue weighted by Gasteiger charge is -2.24. The third-order valence-corrected chi connectivity index (χ3v) is 4.57. The maximum atomic E-state index is 13.1. The van der Waals surface area contributed by atoms with E-state index in [0.717, 1.165) is 16.3 Å². The molecule has 0 spiro atoms. The van der Waals surface area contributed by atoms with Crippen LogP contribution in [0.25, 0.3) is 0 Å². The minimum atomic E-state index is -0.345. The van der Waals surface area contributed by atoms with E-state index < -0.39 is 0 Å². The van der Waals surface area contributed by atoms with Crippen molar-refractivity contribution in [3.8, 4) is 0 Å². The maximum absolute atomic E-state index is 13.1. The van der Waals surface area contributed by atoms with Crippen molar-refractivity contribution in [3.63, 3.8) is 0 Å². The average molecular weight is 340 g/mol. The molecule has 24 heavy (non-hydrogen) atoms. The van der Waals surface area contributed by atoms with Crippen molar-refractivity contribution in [1.29, 1.82) is 0 Å². The van der Waals surface area contributed by atoms with Gasteiger partial charge in [0.2, 0.25) is 0 Å². The Morgan fingerprint density at radius 1 is 1.17 bits per heavy atom. The molecule has 1 aromatic carbocycles. The lowest BCUT2D eigenvalue weighted by molar-refractivity contribution is 0.0998. The maximum Gasteiger partial charge on any atom is 0.182 e. The van der Waals surface area contributed by atoms with Crippen LogP contribution in [0.4, 0.5) is 10.2 Å². The van der Waals surface area contributed by atoms with Crippen LogP contribution in [-0.2, 0) is 6.54 Å². The number of carbonyl (C=O) groups is 1. The number of pyridine rings is 1. The molecule has 0 saturated heterocycles. The summed E-state index contributed by atoms with van der Waals surface area (Å²) in [6, 6.07) is 13.5. The number of halogens is 1. The van der Waals surface area contributed by atoms with Crippen LogP contribution in [0.2, 0.25) is 0 Å². The molecule has 122 valence electrons. The standard InChI is InChI=1S/C19H17FN2OS/c1-14-4-2-10-21-19(14)22(12-17-5-3-11-24-17)13-18(23)15-6-8-16(20)9-7-15/h2-11H,12-13H2,1H3. The number of Topliss-reactive ketones (excluding diaryl/α,β-unsaturated/α-hetero) is 1. The second-order valence-corrected chi connectivity index (χ2v) is 6.54. The Bertz CT molecular complexity index is 816. The van der Waals surface area contributed by atoms with E-state index in [2.05, 4.69) is 4.98 Å². The van der Waals surface area contributed by atoms with Gasteiger partial charge in [0.1, 0.15) is 11.6 Å². The number of hydrogen-bond acceptors (Lipinski definition) is 4. The first kappa shape index (κ1) is 16.3. The molecule has 0 aliphatic rings. The van der Waals surface area contributed by atoms with E-state index in [4.69, 9.17) is 0 Å². The molecule has 0 fully saturated rings. The Labute approximate surface area is 144 Å². The molecule has 5 heteroatoms. The van der Waals surface area contributed by atoms with Gasteiger partial charge >= 0.3 is 0 Å². The molecule has 0 radical (unpaired) electrons. The zero-order valence-corrected chi connectivity index (χ0v) is 14.1. The number of ketones is 1. The van der Waals surface area contributed by atoms with Crippen molar-refractivity contribution >= 4 is 22.9 Å². The van der Waals surface area contributed by atoms with Gasteiger partial charge < -0.3 is 4.90 Å². The number of benzene rings is 1. The molecule has 2 aromatic heterocycles. The van der Waals surface area contributed by atoms with E-state index >= 15 is 0 Å². The van der Waals surface area contributed by atoms with Gasteiger partial charge in [0.05, 0.1) is 13.1 Å². The van der Waals surface area contributed by atoms with E-state index in [1.165, 1.54) is 24.3 Å². The van der Waals surface area contributed by atoms with Crippen LogP contribution in [0, 0.1) is 12.7 Å². The second kappa shape index (κ2) is 7.36. The van der Waals surface area contributed by atoms with Gasteiger partial charge in [-0.05, 0) is 54.3 Å². The Hall–Kier alpha value is -2.53. The Kier molecular flexibility index (Phi) is 5.01. The van der Waals surface area contributed by atoms with Crippen LogP contribution in [0.5, 0.6) is 0 Å². The average Bonchev–Trinajstić information content (AvgIpc) is 3.08. The zero-order chi connectivity index (χ0) is 16.9. The topological polar surface area (TPSA) is 33.2 Å². The quantitative estimate of drug-likeness (QED) is 0.620. The third-order valence-electron chi connectivity index (χ3n) is 3.71. The SMILES string of the molecule is Cc1cccnc1N(CC(=O)c1ccc(F)cc1)Cc1cccs1. The van der Waals surface area contributed by atoms with E-state index in [1.807, 2.05) is 41.5 Å². The lowest BCUT2D eigenvalue weighted by Crippen LogP contribution is -2.30. The molecule has 3 nitrogen and oxygen atoms in total. The smallest absolute Gasteiger partial charge is 0.182 e. The number of carbonyl (C=O) groups excluding carboxylic acids is 1. The minimum absolute atomic E-state index is 0.0587. The van der Waals surface area contributed by atoms with Gasteiger partial charge in [-0.3, -0.25) is 4.79 Å². The second-order valence-electron chi connectivity index (χ2n) is 5.51. The summed E-state index contributed by atoms with van der Waals surface area (Å²) >= 11 is 1.65. The van der Waals surface area contributed by atoms with Crippen molar-refractivity contribution in [1.82, 2.24) is 4.98 Å². The summed E-state index contributed by atoms with van der Waals surface area (Å²) in [5.41, 5.74) is 1.52. The molecule has 0 N–H and O–H groups in total. The minimum Gasteiger partial charge on any atom is -0.344 e. The molecule has 0 unspecified atom stereocenters. The highest BCUT2D eigenvalue weighted by molar-refractivity contribution is 7.09. The molecule has 0 aliphatic heterocycles. The number of aromatic nitrogens is 1. The molecule has 3 aromatic rings. The number of hydrogen-bond donors (Lipinski definition) is 0. The normalized spacial score (nSPS) is 10.6. The number of aryl methyl sites for hydroxylation is 1. The molecule has 0 saturated carbocycles. The summed E-state index contributed by atoms with van der Waals surface area (Å²) in [6.07, 6.45) is 1.73. The van der Waals surface area contributed by atoms with Gasteiger partial charge in [-0.1, -0.05) is 12.1 Å². The van der Waals surface area contributed by atoms with E-state index in [-0.39, 0.29) is 18.1 Å². The lowest BCUT2D eigenvalue weighted by atomic mass is 10.1. The highest BCUT2D eigenvalue weighted by atomic mass is 32.1. The first-order valence-electron chi connectivity index (χ1n) is 7.61. The Morgan fingerprint density at radius 2 is 1.96 bits per heavy atom. The van der Waals surface area contributed by atoms with E-state index in [9.17, 15) is 9.18 Å². The van der Waals surface area contributed by atoms with E-state index in [0.29, 0.717) is 12.1 Å². The highest BCUT2D eigenvalue weighted by Crippen LogP contribution is 2.21. The molecule has 3 rings (SSSR count). The number of rotatable bonds is 6. The fourth-order valence-corrected chi connectivity index (χ4v) is 3.22. The molecule has 0 amide bonds. The van der Waals surface area contributed by atoms with E-state index in [1.54, 1.807) is 17.5 Å². The number of thiophene rings is 1. The predicted molar refractivity (Wildman–Crippen MR) is 95.1 cm³/mol. The summed E-state index contributed by atoms with van der Waals surface area (Å²) < 4.78 is 13.1. The summed E-state index contributed by atoms with van der Waals surface area (Å²) in [4.78, 5) is 20.2. The van der Waals surface area contributed by atoms with Gasteiger partial charge in [0, 0.05) is 16.6 Å². The zero-order valence-electron chi connectivity index (χ0n) is 13.3. The summed E-state index contributed by atoms with van der Waals surface area (Å²) in [5, 5.41) is 2.01. The monoisotopic (exact) mass is 340 g/mol. The molecule has 0 bridgehead atoms. The first-order chi connectivity index (χ1) is 11.6. The van der Waals surface area contributed by atoms with Crippen molar-refractivity contribution in [2.75, 3.05) is 11.4 Å². The Morgan fingerprint density at radius 3 is 2.62 bits per heavy atom. The molecule has 2 heterocycles. The summed E-state index contributed by atoms with van der Waals surface area (Å²) in [7, 11) is 0. The summed E-state index contributed by atoms with van der Waals surface area (Å²) in [6.45, 7) is 2.79. The Balaban J connectivity index is 1.85. The third kappa shape index (κ3) is 3.86. The van der Waals surface area contributed by atoms with Gasteiger partial charge in [-0.25, -0.2) is 9.37 Å². The van der Waals surface area contributed by atoms with Crippen molar-refractivity contribution in [2.45, 2.75) is 13.5 Å². The van der Waals surface area contributed by atoms with Crippen LogP contribution in [0.1, 0.15) is 20.8 Å². The van der Waals surface area contributed by atoms with Gasteiger partial charge in [-0.2, -0.15) is 0 Å². The first-order valence-corrected chi connectivity index (χ1v) is 8.49. The van der Waals surface area contributed by atoms with Crippen molar-refractivity contribution in [3.05, 3.63) is 81.9 Å². The van der Waals surface area contributed by atoms with Crippen LogP contribution >= 0.6 is 11.3 Å². The number of anilines is 1. The molecule has 0 atom stereocenters. The molecular weight excluding hydrogens is 323 g/mol. The highest BCUT2D eigenvalue weighted by Gasteiger charge is 2.17. The largest absolute Gasteiger partial charge is 0.344 e. The fourth-order valence-electron chi connectivity index (χ4n) is 2.51. The van der Waals surface area contributed by atoms with Crippen molar-refractivity contribution in [2.24, 2.45) is 0 Å². The van der Waals surface area contributed by atoms with Gasteiger partial charge in [-0.15, -0.1) is 11.3 Å². The molecule has 0 aliphatic carbocycles.